The maximum atomic E-state index is 4.68. The molecule has 0 N–H and O–H groups in total. The average Bonchev–Trinajstić information content (AvgIpc) is 2.19. The minimum atomic E-state index is 0.589. The van der Waals surface area contributed by atoms with E-state index in [1.54, 1.807) is 0 Å². The molecule has 2 nitrogen and oxygen atoms in total. The van der Waals surface area contributed by atoms with Crippen LogP contribution in [0.5, 0.6) is 0 Å². The molecule has 0 aliphatic carbocycles. The minimum Gasteiger partial charge on any atom is -0.295 e. The molecular formula is C11H16N2. The fourth-order valence-electron chi connectivity index (χ4n) is 2.98. The maximum absolute atomic E-state index is 4.68. The highest BCUT2D eigenvalue weighted by Crippen LogP contribution is 2.36. The van der Waals surface area contributed by atoms with Crippen LogP contribution in [0, 0.1) is 5.92 Å². The molecular weight excluding hydrogens is 160 g/mol. The third kappa shape index (κ3) is 1.08. The molecule has 3 fully saturated rings. The van der Waals surface area contributed by atoms with E-state index in [1.165, 1.54) is 31.5 Å². The molecule has 0 aromatic rings. The van der Waals surface area contributed by atoms with Crippen molar-refractivity contribution in [1.82, 2.24) is 4.90 Å². The molecule has 4 aliphatic rings. The second-order valence-electron chi connectivity index (χ2n) is 4.54. The summed E-state index contributed by atoms with van der Waals surface area (Å²) in [7, 11) is 0. The summed E-state index contributed by atoms with van der Waals surface area (Å²) >= 11 is 0. The van der Waals surface area contributed by atoms with E-state index in [0.717, 1.165) is 5.92 Å². The predicted octanol–water partition coefficient (Wildman–Crippen LogP) is 1.48. The minimum absolute atomic E-state index is 0.589. The Hall–Kier alpha value is -0.630. The number of allylic oxidation sites excluding steroid dienone is 1. The Balaban J connectivity index is 1.94. The Morgan fingerprint density at radius 3 is 2.92 bits per heavy atom. The van der Waals surface area contributed by atoms with Crippen LogP contribution >= 0.6 is 0 Å². The molecule has 0 saturated carbocycles. The van der Waals surface area contributed by atoms with Crippen LogP contribution in [0.1, 0.15) is 19.8 Å². The van der Waals surface area contributed by atoms with E-state index >= 15 is 0 Å². The lowest BCUT2D eigenvalue weighted by Crippen LogP contribution is -2.57. The van der Waals surface area contributed by atoms with Gasteiger partial charge in [0.25, 0.3) is 0 Å². The quantitative estimate of drug-likeness (QED) is 0.546. The lowest BCUT2D eigenvalue weighted by molar-refractivity contribution is 0.0519. The third-order valence-electron chi connectivity index (χ3n) is 3.71. The highest BCUT2D eigenvalue weighted by atomic mass is 15.2. The molecule has 0 radical (unpaired) electrons. The Kier molecular flexibility index (Phi) is 1.59. The Morgan fingerprint density at radius 2 is 2.15 bits per heavy atom. The molecule has 2 atom stereocenters. The first-order valence-electron chi connectivity index (χ1n) is 5.30. The SMILES string of the molecule is CC1=C[C@@H]2[C@H](N=C1)C1CCN2CC1. The zero-order valence-corrected chi connectivity index (χ0v) is 8.11. The highest BCUT2D eigenvalue weighted by molar-refractivity contribution is 5.79. The highest BCUT2D eigenvalue weighted by Gasteiger charge is 2.41. The predicted molar refractivity (Wildman–Crippen MR) is 54.1 cm³/mol. The fourth-order valence-corrected chi connectivity index (χ4v) is 2.98. The molecule has 0 aromatic carbocycles. The van der Waals surface area contributed by atoms with E-state index in [1.807, 2.05) is 0 Å². The van der Waals surface area contributed by atoms with Crippen molar-refractivity contribution in [3.05, 3.63) is 11.6 Å². The van der Waals surface area contributed by atoms with Crippen molar-refractivity contribution in [2.45, 2.75) is 31.8 Å². The molecule has 0 unspecified atom stereocenters. The summed E-state index contributed by atoms with van der Waals surface area (Å²) in [6.45, 7) is 4.75. The molecule has 0 aromatic heterocycles. The number of hydrogen-bond donors (Lipinski definition) is 0. The van der Waals surface area contributed by atoms with Gasteiger partial charge in [-0.15, -0.1) is 0 Å². The molecule has 4 heterocycles. The van der Waals surface area contributed by atoms with Crippen LogP contribution < -0.4 is 0 Å². The zero-order valence-electron chi connectivity index (χ0n) is 8.11. The van der Waals surface area contributed by atoms with Crippen LogP contribution in [-0.2, 0) is 0 Å². The van der Waals surface area contributed by atoms with Crippen LogP contribution in [-0.4, -0.2) is 36.3 Å². The fraction of sp³-hybridized carbons (Fsp3) is 0.727. The topological polar surface area (TPSA) is 15.6 Å². The summed E-state index contributed by atoms with van der Waals surface area (Å²) in [5.41, 5.74) is 1.34. The van der Waals surface area contributed by atoms with Gasteiger partial charge in [0.05, 0.1) is 12.1 Å². The van der Waals surface area contributed by atoms with Gasteiger partial charge in [0.15, 0.2) is 0 Å². The molecule has 4 aliphatic heterocycles. The Bertz CT molecular complexity index is 272. The first kappa shape index (κ1) is 7.74. The van der Waals surface area contributed by atoms with Crippen molar-refractivity contribution >= 4 is 6.21 Å². The molecule has 70 valence electrons. The monoisotopic (exact) mass is 176 g/mol. The van der Waals surface area contributed by atoms with Gasteiger partial charge in [0.2, 0.25) is 0 Å². The van der Waals surface area contributed by atoms with Gasteiger partial charge in [0, 0.05) is 6.21 Å². The number of aliphatic imine (C=N–C) groups is 1. The van der Waals surface area contributed by atoms with Crippen LogP contribution in [0.3, 0.4) is 0 Å². The van der Waals surface area contributed by atoms with Gasteiger partial charge >= 0.3 is 0 Å². The molecule has 3 saturated heterocycles. The molecule has 13 heavy (non-hydrogen) atoms. The van der Waals surface area contributed by atoms with E-state index < -0.39 is 0 Å². The van der Waals surface area contributed by atoms with Crippen LogP contribution in [0.15, 0.2) is 16.6 Å². The first-order chi connectivity index (χ1) is 6.34. The number of fused-ring (bicyclic) bond motifs is 2. The second kappa shape index (κ2) is 2.68. The van der Waals surface area contributed by atoms with Crippen molar-refractivity contribution in [2.75, 3.05) is 13.1 Å². The largest absolute Gasteiger partial charge is 0.295 e. The van der Waals surface area contributed by atoms with Crippen LogP contribution in [0.2, 0.25) is 0 Å². The zero-order chi connectivity index (χ0) is 8.84. The van der Waals surface area contributed by atoms with Crippen molar-refractivity contribution in [3.63, 3.8) is 0 Å². The van der Waals surface area contributed by atoms with E-state index in [-0.39, 0.29) is 0 Å². The van der Waals surface area contributed by atoms with E-state index in [0.29, 0.717) is 12.1 Å². The van der Waals surface area contributed by atoms with Gasteiger partial charge in [-0.3, -0.25) is 9.89 Å². The summed E-state index contributed by atoms with van der Waals surface area (Å²) in [4.78, 5) is 7.28. The molecule has 2 heteroatoms. The van der Waals surface area contributed by atoms with Crippen LogP contribution in [0.4, 0.5) is 0 Å². The van der Waals surface area contributed by atoms with Gasteiger partial charge in [-0.1, -0.05) is 6.08 Å². The summed E-state index contributed by atoms with van der Waals surface area (Å²) in [6, 6.07) is 1.23. The molecule has 4 rings (SSSR count). The standard InChI is InChI=1S/C11H16N2/c1-8-6-10-11(12-7-8)9-2-4-13(10)5-3-9/h6-7,9-11H,2-5H2,1H3/t10-,11-/m1/s1. The normalized spacial score (nSPS) is 47.3. The Labute approximate surface area is 79.3 Å². The second-order valence-corrected chi connectivity index (χ2v) is 4.54. The summed E-state index contributed by atoms with van der Waals surface area (Å²) in [5, 5.41) is 0. The van der Waals surface area contributed by atoms with E-state index in [2.05, 4.69) is 29.1 Å². The molecule has 2 bridgehead atoms. The third-order valence-corrected chi connectivity index (χ3v) is 3.71. The summed E-state index contributed by atoms with van der Waals surface area (Å²) in [5.74, 6) is 0.871. The molecule has 0 amide bonds. The van der Waals surface area contributed by atoms with Crippen molar-refractivity contribution in [3.8, 4) is 0 Å². The average molecular weight is 176 g/mol. The smallest absolute Gasteiger partial charge is 0.0719 e. The van der Waals surface area contributed by atoms with Crippen LogP contribution in [0.25, 0.3) is 0 Å². The van der Waals surface area contributed by atoms with Crippen molar-refractivity contribution in [1.29, 1.82) is 0 Å². The van der Waals surface area contributed by atoms with Crippen molar-refractivity contribution < 1.29 is 0 Å². The number of piperidine rings is 3. The van der Waals surface area contributed by atoms with Crippen molar-refractivity contribution in [2.24, 2.45) is 10.9 Å². The van der Waals surface area contributed by atoms with Gasteiger partial charge in [-0.2, -0.15) is 0 Å². The lowest BCUT2D eigenvalue weighted by Gasteiger charge is -2.49. The van der Waals surface area contributed by atoms with E-state index in [4.69, 9.17) is 0 Å². The summed E-state index contributed by atoms with van der Waals surface area (Å²) in [6.07, 6.45) is 7.20. The maximum Gasteiger partial charge on any atom is 0.0719 e. The van der Waals surface area contributed by atoms with E-state index in [9.17, 15) is 0 Å². The molecule has 0 spiro atoms. The number of rotatable bonds is 0. The lowest BCUT2D eigenvalue weighted by atomic mass is 9.77. The first-order valence-corrected chi connectivity index (χ1v) is 5.30. The number of hydrogen-bond acceptors (Lipinski definition) is 2. The number of dihydropyridines is 1. The van der Waals surface area contributed by atoms with Gasteiger partial charge < -0.3 is 0 Å². The number of nitrogens with zero attached hydrogens (tertiary/aromatic N) is 2. The Morgan fingerprint density at radius 1 is 1.38 bits per heavy atom. The van der Waals surface area contributed by atoms with Gasteiger partial charge in [-0.25, -0.2) is 0 Å². The summed E-state index contributed by atoms with van der Waals surface area (Å²) < 4.78 is 0. The van der Waals surface area contributed by atoms with Gasteiger partial charge in [0.1, 0.15) is 0 Å². The van der Waals surface area contributed by atoms with Gasteiger partial charge in [-0.05, 0) is 44.3 Å².